The average molecular weight is 509 g/mol. The topological polar surface area (TPSA) is 114 Å². The monoisotopic (exact) mass is 508 g/mol. The van der Waals surface area contributed by atoms with Gasteiger partial charge in [0.25, 0.3) is 0 Å². The van der Waals surface area contributed by atoms with Gasteiger partial charge in [-0.2, -0.15) is 0 Å². The van der Waals surface area contributed by atoms with Gasteiger partial charge in [-0.05, 0) is 37.7 Å². The van der Waals surface area contributed by atoms with Crippen LogP contribution in [0.15, 0.2) is 35.1 Å². The fourth-order valence-corrected chi connectivity index (χ4v) is 4.25. The van der Waals surface area contributed by atoms with Gasteiger partial charge in [0.15, 0.2) is 12.2 Å². The van der Waals surface area contributed by atoms with Gasteiger partial charge < -0.3 is 24.7 Å². The molecule has 0 bridgehead atoms. The highest BCUT2D eigenvalue weighted by Gasteiger charge is 2.41. The smallest absolute Gasteiger partial charge is 0.246 e. The van der Waals surface area contributed by atoms with Crippen LogP contribution in [-0.4, -0.2) is 59.4 Å². The number of amides is 3. The standard InChI is InChI=1S/C28H36N4O5/c1-6-7-15-36-17-23(33)31-25(28(3,4)5)27(35)32-14-8-9-22(32)26(34)29-16-20-10-12-21(13-11-20)24-19(2)30-18-37-24/h10-13,18,22,25H,8-9,14-17H2,1-5H3,(H,29,34)(H,31,33)/t22-,25?/m0/s1. The van der Waals surface area contributed by atoms with Crippen LogP contribution in [-0.2, 0) is 25.7 Å². The molecule has 2 aromatic rings. The number of hydrogen-bond acceptors (Lipinski definition) is 6. The molecule has 1 fully saturated rings. The summed E-state index contributed by atoms with van der Waals surface area (Å²) < 4.78 is 10.7. The third-order valence-electron chi connectivity index (χ3n) is 6.27. The first-order valence-corrected chi connectivity index (χ1v) is 12.5. The molecule has 1 aromatic heterocycles. The summed E-state index contributed by atoms with van der Waals surface area (Å²) in [7, 11) is 0. The molecule has 1 aliphatic heterocycles. The summed E-state index contributed by atoms with van der Waals surface area (Å²) in [6, 6.07) is 6.33. The van der Waals surface area contributed by atoms with E-state index in [-0.39, 0.29) is 25.0 Å². The van der Waals surface area contributed by atoms with E-state index < -0.39 is 23.4 Å². The van der Waals surface area contributed by atoms with Crippen LogP contribution < -0.4 is 10.6 Å². The van der Waals surface area contributed by atoms with Crippen LogP contribution >= 0.6 is 0 Å². The Hall–Kier alpha value is -3.64. The van der Waals surface area contributed by atoms with Gasteiger partial charge in [-0.15, -0.1) is 5.92 Å². The SMILES string of the molecule is CC#CCOCC(=O)NC(C(=O)N1CCC[C@H]1C(=O)NCc1ccc(-c2ocnc2C)cc1)C(C)(C)C. The quantitative estimate of drug-likeness (QED) is 0.398. The van der Waals surface area contributed by atoms with Gasteiger partial charge >= 0.3 is 0 Å². The van der Waals surface area contributed by atoms with Crippen LogP contribution in [0.2, 0.25) is 0 Å². The predicted molar refractivity (Wildman–Crippen MR) is 139 cm³/mol. The third kappa shape index (κ3) is 7.43. The molecule has 2 heterocycles. The van der Waals surface area contributed by atoms with Crippen molar-refractivity contribution in [1.29, 1.82) is 0 Å². The molecule has 198 valence electrons. The number of carbonyl (C=O) groups is 3. The van der Waals surface area contributed by atoms with E-state index in [2.05, 4.69) is 27.5 Å². The lowest BCUT2D eigenvalue weighted by atomic mass is 9.85. The zero-order chi connectivity index (χ0) is 27.0. The first kappa shape index (κ1) is 27.9. The minimum absolute atomic E-state index is 0.148. The molecule has 0 radical (unpaired) electrons. The first-order chi connectivity index (χ1) is 17.6. The van der Waals surface area contributed by atoms with Crippen molar-refractivity contribution in [1.82, 2.24) is 20.5 Å². The molecular formula is C28H36N4O5. The normalized spacial score (nSPS) is 16.0. The summed E-state index contributed by atoms with van der Waals surface area (Å²) in [6.07, 6.45) is 2.71. The molecule has 9 nitrogen and oxygen atoms in total. The molecule has 2 atom stereocenters. The van der Waals surface area contributed by atoms with Crippen molar-refractivity contribution in [2.45, 2.75) is 66.1 Å². The van der Waals surface area contributed by atoms with Crippen LogP contribution in [0.4, 0.5) is 0 Å². The molecule has 1 unspecified atom stereocenters. The molecule has 0 saturated carbocycles. The van der Waals surface area contributed by atoms with Gasteiger partial charge in [0.2, 0.25) is 17.7 Å². The van der Waals surface area contributed by atoms with E-state index >= 15 is 0 Å². The minimum atomic E-state index is -0.790. The van der Waals surface area contributed by atoms with Crippen LogP contribution in [0.3, 0.4) is 0 Å². The highest BCUT2D eigenvalue weighted by molar-refractivity contribution is 5.93. The number of oxazole rings is 1. The number of nitrogens with one attached hydrogen (secondary N) is 2. The summed E-state index contributed by atoms with van der Waals surface area (Å²) in [5.74, 6) is 5.28. The van der Waals surface area contributed by atoms with E-state index in [1.807, 2.05) is 52.0 Å². The molecule has 3 amide bonds. The van der Waals surface area contributed by atoms with Crippen molar-refractivity contribution in [3.63, 3.8) is 0 Å². The number of carbonyl (C=O) groups excluding carboxylic acids is 3. The van der Waals surface area contributed by atoms with Crippen molar-refractivity contribution >= 4 is 17.7 Å². The van der Waals surface area contributed by atoms with Crippen molar-refractivity contribution in [2.24, 2.45) is 5.41 Å². The maximum atomic E-state index is 13.5. The molecule has 9 heteroatoms. The molecule has 1 aromatic carbocycles. The molecule has 37 heavy (non-hydrogen) atoms. The lowest BCUT2D eigenvalue weighted by molar-refractivity contribution is -0.144. The second kappa shape index (κ2) is 12.5. The third-order valence-corrected chi connectivity index (χ3v) is 6.27. The summed E-state index contributed by atoms with van der Waals surface area (Å²) >= 11 is 0. The van der Waals surface area contributed by atoms with Gasteiger partial charge in [0, 0.05) is 18.7 Å². The van der Waals surface area contributed by atoms with Crippen molar-refractivity contribution in [3.05, 3.63) is 41.9 Å². The number of benzene rings is 1. The van der Waals surface area contributed by atoms with E-state index in [0.29, 0.717) is 19.5 Å². The van der Waals surface area contributed by atoms with E-state index in [0.717, 1.165) is 29.0 Å². The fraction of sp³-hybridized carbons (Fsp3) is 0.500. The summed E-state index contributed by atoms with van der Waals surface area (Å²) in [5, 5.41) is 5.76. The average Bonchev–Trinajstić information content (AvgIpc) is 3.52. The Morgan fingerprint density at radius 1 is 1.24 bits per heavy atom. The second-order valence-corrected chi connectivity index (χ2v) is 10.2. The molecule has 1 aliphatic rings. The number of ether oxygens (including phenoxy) is 1. The fourth-order valence-electron chi connectivity index (χ4n) is 4.25. The Labute approximate surface area is 218 Å². The highest BCUT2D eigenvalue weighted by atomic mass is 16.5. The Morgan fingerprint density at radius 2 is 1.97 bits per heavy atom. The maximum absolute atomic E-state index is 13.5. The Kier molecular flexibility index (Phi) is 9.48. The van der Waals surface area contributed by atoms with E-state index in [1.165, 1.54) is 6.39 Å². The number of hydrogen-bond donors (Lipinski definition) is 2. The van der Waals surface area contributed by atoms with E-state index in [4.69, 9.17) is 9.15 Å². The Bertz CT molecular complexity index is 1150. The molecule has 3 rings (SSSR count). The van der Waals surface area contributed by atoms with Crippen LogP contribution in [0, 0.1) is 24.2 Å². The largest absolute Gasteiger partial charge is 0.443 e. The van der Waals surface area contributed by atoms with E-state index in [9.17, 15) is 14.4 Å². The summed E-state index contributed by atoms with van der Waals surface area (Å²) in [4.78, 5) is 44.7. The Morgan fingerprint density at radius 3 is 2.59 bits per heavy atom. The lowest BCUT2D eigenvalue weighted by Gasteiger charge is -2.35. The molecule has 2 N–H and O–H groups in total. The number of nitrogens with zero attached hydrogens (tertiary/aromatic N) is 2. The summed E-state index contributed by atoms with van der Waals surface area (Å²) in [6.45, 7) is 9.99. The van der Waals surface area contributed by atoms with Crippen LogP contribution in [0.5, 0.6) is 0 Å². The molecule has 0 spiro atoms. The predicted octanol–water partition coefficient (Wildman–Crippen LogP) is 2.83. The molecule has 1 saturated heterocycles. The van der Waals surface area contributed by atoms with Gasteiger partial charge in [-0.3, -0.25) is 14.4 Å². The minimum Gasteiger partial charge on any atom is -0.443 e. The molecular weight excluding hydrogens is 472 g/mol. The molecule has 0 aliphatic carbocycles. The van der Waals surface area contributed by atoms with Gasteiger partial charge in [-0.1, -0.05) is 51.0 Å². The first-order valence-electron chi connectivity index (χ1n) is 12.5. The van der Waals surface area contributed by atoms with Crippen LogP contribution in [0.25, 0.3) is 11.3 Å². The van der Waals surface area contributed by atoms with Crippen molar-refractivity contribution in [2.75, 3.05) is 19.8 Å². The zero-order valence-corrected chi connectivity index (χ0v) is 22.2. The highest BCUT2D eigenvalue weighted by Crippen LogP contribution is 2.26. The second-order valence-electron chi connectivity index (χ2n) is 10.2. The zero-order valence-electron chi connectivity index (χ0n) is 22.2. The number of aryl methyl sites for hydroxylation is 1. The number of rotatable bonds is 9. The number of likely N-dealkylation sites (tertiary alicyclic amines) is 1. The van der Waals surface area contributed by atoms with E-state index in [1.54, 1.807) is 11.8 Å². The summed E-state index contributed by atoms with van der Waals surface area (Å²) in [5.41, 5.74) is 2.10. The van der Waals surface area contributed by atoms with Gasteiger partial charge in [0.05, 0.1) is 5.69 Å². The number of aromatic nitrogens is 1. The van der Waals surface area contributed by atoms with Gasteiger partial charge in [0.1, 0.15) is 25.3 Å². The van der Waals surface area contributed by atoms with Crippen molar-refractivity contribution in [3.8, 4) is 23.2 Å². The lowest BCUT2D eigenvalue weighted by Crippen LogP contribution is -2.58. The van der Waals surface area contributed by atoms with Gasteiger partial charge in [-0.25, -0.2) is 4.98 Å². The Balaban J connectivity index is 1.60. The van der Waals surface area contributed by atoms with Crippen molar-refractivity contribution < 1.29 is 23.5 Å². The van der Waals surface area contributed by atoms with Crippen LogP contribution in [0.1, 0.15) is 51.8 Å². The maximum Gasteiger partial charge on any atom is 0.246 e.